The molecule has 1 aromatic rings. The summed E-state index contributed by atoms with van der Waals surface area (Å²) in [5.41, 5.74) is 1.58. The Balaban J connectivity index is 3.03. The molecule has 1 rings (SSSR count). The lowest BCUT2D eigenvalue weighted by Crippen LogP contribution is -2.55. The average molecular weight is 316 g/mol. The maximum atomic E-state index is 10.8. The van der Waals surface area contributed by atoms with Crippen molar-refractivity contribution >= 4 is 11.6 Å². The number of aryl methyl sites for hydroxylation is 2. The summed E-state index contributed by atoms with van der Waals surface area (Å²) in [6.07, 6.45) is 1.76. The Labute approximate surface area is 134 Å². The molecular weight excluding hydrogens is 286 g/mol. The van der Waals surface area contributed by atoms with E-state index in [0.29, 0.717) is 11.4 Å². The molecule has 122 valence electrons. The van der Waals surface area contributed by atoms with Crippen LogP contribution < -0.4 is 0 Å². The van der Waals surface area contributed by atoms with Crippen molar-refractivity contribution in [2.75, 3.05) is 13.1 Å². The van der Waals surface area contributed by atoms with E-state index in [-0.39, 0.29) is 5.54 Å². The average Bonchev–Trinajstić information content (AvgIpc) is 2.75. The Morgan fingerprint density at radius 2 is 1.86 bits per heavy atom. The molecule has 0 radical (unpaired) electrons. The third-order valence-corrected chi connectivity index (χ3v) is 5.25. The van der Waals surface area contributed by atoms with E-state index in [1.807, 2.05) is 18.7 Å². The van der Waals surface area contributed by atoms with Crippen LogP contribution in [0.5, 0.6) is 0 Å². The number of aliphatic hydroxyl groups is 1. The predicted molar refractivity (Wildman–Crippen MR) is 88.9 cm³/mol. The fraction of sp³-hybridized carbons (Fsp3) is 0.812. The van der Waals surface area contributed by atoms with Gasteiger partial charge in [-0.15, -0.1) is 0 Å². The van der Waals surface area contributed by atoms with Crippen LogP contribution in [0.1, 0.15) is 52.4 Å². The van der Waals surface area contributed by atoms with Crippen LogP contribution in [0.25, 0.3) is 0 Å². The molecule has 0 aliphatic carbocycles. The van der Waals surface area contributed by atoms with Crippen LogP contribution >= 0.6 is 11.6 Å². The Kier molecular flexibility index (Phi) is 6.70. The number of hydrogen-bond acceptors (Lipinski definition) is 3. The number of nitrogens with zero attached hydrogens (tertiary/aromatic N) is 3. The van der Waals surface area contributed by atoms with Crippen molar-refractivity contribution in [3.05, 3.63) is 16.4 Å². The number of aliphatic hydroxyl groups excluding tert-OH is 1. The molecule has 1 N–H and O–H groups in total. The van der Waals surface area contributed by atoms with Gasteiger partial charge in [-0.3, -0.25) is 9.58 Å². The van der Waals surface area contributed by atoms with Crippen LogP contribution in [-0.4, -0.2) is 44.5 Å². The highest BCUT2D eigenvalue weighted by molar-refractivity contribution is 6.31. The molecule has 5 heteroatoms. The van der Waals surface area contributed by atoms with Gasteiger partial charge in [0.1, 0.15) is 0 Å². The third-order valence-electron chi connectivity index (χ3n) is 4.81. The first-order valence-corrected chi connectivity index (χ1v) is 8.36. The van der Waals surface area contributed by atoms with Crippen molar-refractivity contribution in [2.24, 2.45) is 7.05 Å². The van der Waals surface area contributed by atoms with Gasteiger partial charge < -0.3 is 5.11 Å². The fourth-order valence-electron chi connectivity index (χ4n) is 3.06. The van der Waals surface area contributed by atoms with Crippen LogP contribution in [-0.2, 0) is 19.9 Å². The zero-order chi connectivity index (χ0) is 16.2. The van der Waals surface area contributed by atoms with Gasteiger partial charge in [0.15, 0.2) is 0 Å². The molecule has 1 heterocycles. The van der Waals surface area contributed by atoms with Gasteiger partial charge in [-0.1, -0.05) is 39.3 Å². The number of likely N-dealkylation sites (N-methyl/N-ethyl adjacent to an activating group) is 1. The van der Waals surface area contributed by atoms with Gasteiger partial charge in [0.25, 0.3) is 0 Å². The lowest BCUT2D eigenvalue weighted by molar-refractivity contribution is -0.0198. The number of hydrogen-bond donors (Lipinski definition) is 1. The van der Waals surface area contributed by atoms with Crippen molar-refractivity contribution in [2.45, 2.75) is 65.5 Å². The van der Waals surface area contributed by atoms with Crippen LogP contribution in [0.3, 0.4) is 0 Å². The Hall–Kier alpha value is -0.580. The minimum absolute atomic E-state index is 0.247. The van der Waals surface area contributed by atoms with Crippen LogP contribution in [0, 0.1) is 0 Å². The fourth-order valence-corrected chi connectivity index (χ4v) is 3.43. The second-order valence-electron chi connectivity index (χ2n) is 5.79. The largest absolute Gasteiger partial charge is 0.391 e. The smallest absolute Gasteiger partial charge is 0.0850 e. The molecule has 2 unspecified atom stereocenters. The first-order chi connectivity index (χ1) is 9.85. The van der Waals surface area contributed by atoms with E-state index < -0.39 is 6.10 Å². The molecule has 0 spiro atoms. The van der Waals surface area contributed by atoms with Gasteiger partial charge in [-0.2, -0.15) is 5.10 Å². The van der Waals surface area contributed by atoms with E-state index in [2.05, 4.69) is 37.7 Å². The quantitative estimate of drug-likeness (QED) is 0.801. The lowest BCUT2D eigenvalue weighted by atomic mass is 9.86. The van der Waals surface area contributed by atoms with Crippen molar-refractivity contribution in [1.29, 1.82) is 0 Å². The Morgan fingerprint density at radius 1 is 1.29 bits per heavy atom. The molecule has 0 fully saturated rings. The maximum Gasteiger partial charge on any atom is 0.0850 e. The second kappa shape index (κ2) is 7.61. The van der Waals surface area contributed by atoms with E-state index in [4.69, 9.17) is 11.6 Å². The number of halogens is 1. The van der Waals surface area contributed by atoms with Gasteiger partial charge in [0.2, 0.25) is 0 Å². The summed E-state index contributed by atoms with van der Waals surface area (Å²) >= 11 is 6.41. The molecule has 2 atom stereocenters. The molecular formula is C16H30ClN3O. The SMILES string of the molecule is CCc1nn(C)c(CC(O)C(C)(CC)N(CC)CC)c1Cl. The van der Waals surface area contributed by atoms with Crippen molar-refractivity contribution in [3.63, 3.8) is 0 Å². The monoisotopic (exact) mass is 315 g/mol. The number of rotatable bonds is 8. The number of aromatic nitrogens is 2. The van der Waals surface area contributed by atoms with Gasteiger partial charge in [0.05, 0.1) is 22.5 Å². The van der Waals surface area contributed by atoms with Crippen LogP contribution in [0.4, 0.5) is 0 Å². The summed E-state index contributed by atoms with van der Waals surface area (Å²) in [7, 11) is 1.90. The summed E-state index contributed by atoms with van der Waals surface area (Å²) in [6, 6.07) is 0. The molecule has 4 nitrogen and oxygen atoms in total. The highest BCUT2D eigenvalue weighted by atomic mass is 35.5. The molecule has 21 heavy (non-hydrogen) atoms. The van der Waals surface area contributed by atoms with Crippen molar-refractivity contribution in [1.82, 2.24) is 14.7 Å². The molecule has 0 saturated carbocycles. The van der Waals surface area contributed by atoms with E-state index in [1.54, 1.807) is 0 Å². The summed E-state index contributed by atoms with van der Waals surface area (Å²) in [5.74, 6) is 0. The predicted octanol–water partition coefficient (Wildman–Crippen LogP) is 3.05. The normalized spacial score (nSPS) is 16.2. The van der Waals surface area contributed by atoms with Crippen molar-refractivity contribution < 1.29 is 5.11 Å². The maximum absolute atomic E-state index is 10.8. The lowest BCUT2D eigenvalue weighted by Gasteiger charge is -2.43. The second-order valence-corrected chi connectivity index (χ2v) is 6.17. The molecule has 0 bridgehead atoms. The highest BCUT2D eigenvalue weighted by Crippen LogP contribution is 2.29. The standard InChI is InChI=1S/C16H30ClN3O/c1-7-12-15(17)13(19(6)18-12)11-14(21)16(5,8-2)20(9-3)10-4/h14,21H,7-11H2,1-6H3. The molecule has 0 aliphatic rings. The first-order valence-electron chi connectivity index (χ1n) is 7.98. The zero-order valence-electron chi connectivity index (χ0n) is 14.3. The molecule has 0 aromatic carbocycles. The minimum Gasteiger partial charge on any atom is -0.391 e. The third kappa shape index (κ3) is 3.61. The van der Waals surface area contributed by atoms with E-state index >= 15 is 0 Å². The van der Waals surface area contributed by atoms with Crippen LogP contribution in [0.2, 0.25) is 5.02 Å². The summed E-state index contributed by atoms with van der Waals surface area (Å²) < 4.78 is 1.81. The van der Waals surface area contributed by atoms with Gasteiger partial charge in [-0.05, 0) is 32.9 Å². The summed E-state index contributed by atoms with van der Waals surface area (Å²) in [6.45, 7) is 12.4. The van der Waals surface area contributed by atoms with Gasteiger partial charge in [0, 0.05) is 19.0 Å². The first kappa shape index (κ1) is 18.5. The Bertz CT molecular complexity index is 457. The van der Waals surface area contributed by atoms with Gasteiger partial charge in [-0.25, -0.2) is 0 Å². The molecule has 0 aliphatic heterocycles. The minimum atomic E-state index is -0.472. The Morgan fingerprint density at radius 3 is 2.24 bits per heavy atom. The molecule has 0 amide bonds. The van der Waals surface area contributed by atoms with Crippen LogP contribution in [0.15, 0.2) is 0 Å². The molecule has 0 saturated heterocycles. The van der Waals surface area contributed by atoms with Crippen molar-refractivity contribution in [3.8, 4) is 0 Å². The topological polar surface area (TPSA) is 41.3 Å². The highest BCUT2D eigenvalue weighted by Gasteiger charge is 2.36. The summed E-state index contributed by atoms with van der Waals surface area (Å²) in [5, 5.41) is 16.0. The molecule has 1 aromatic heterocycles. The van der Waals surface area contributed by atoms with Gasteiger partial charge >= 0.3 is 0 Å². The van der Waals surface area contributed by atoms with E-state index in [9.17, 15) is 5.11 Å². The zero-order valence-corrected chi connectivity index (χ0v) is 15.0. The summed E-state index contributed by atoms with van der Waals surface area (Å²) in [4.78, 5) is 2.32. The van der Waals surface area contributed by atoms with E-state index in [1.165, 1.54) is 0 Å². The van der Waals surface area contributed by atoms with E-state index in [0.717, 1.165) is 37.3 Å².